The molecule has 2 amide bonds. The van der Waals surface area contributed by atoms with E-state index in [0.717, 1.165) is 25.9 Å². The molecule has 7 heteroatoms. The quantitative estimate of drug-likeness (QED) is 0.480. The number of benzene rings is 1. The highest BCUT2D eigenvalue weighted by atomic mass is 16.6. The van der Waals surface area contributed by atoms with Crippen LogP contribution in [0.25, 0.3) is 0 Å². The Balaban J connectivity index is 1.73. The van der Waals surface area contributed by atoms with Gasteiger partial charge >= 0.3 is 0 Å². The Kier molecular flexibility index (Phi) is 3.89. The number of amides is 2. The number of carbonyl (C=O) groups is 2. The summed E-state index contributed by atoms with van der Waals surface area (Å²) in [5.74, 6) is -0.785. The van der Waals surface area contributed by atoms with E-state index in [9.17, 15) is 19.7 Å². The fourth-order valence-corrected chi connectivity index (χ4v) is 3.02. The van der Waals surface area contributed by atoms with Crippen molar-refractivity contribution in [1.29, 1.82) is 0 Å². The van der Waals surface area contributed by atoms with Gasteiger partial charge in [-0.3, -0.25) is 24.6 Å². The highest BCUT2D eigenvalue weighted by Crippen LogP contribution is 2.26. The van der Waals surface area contributed by atoms with Gasteiger partial charge in [-0.2, -0.15) is 0 Å². The normalized spacial score (nSPS) is 18.6. The third-order valence-corrected chi connectivity index (χ3v) is 4.25. The molecule has 1 aromatic carbocycles. The minimum Gasteiger partial charge on any atom is -0.302 e. The predicted molar refractivity (Wildman–Crippen MR) is 78.8 cm³/mol. The number of hydrogen-bond acceptors (Lipinski definition) is 5. The highest BCUT2D eigenvalue weighted by molar-refractivity contribution is 6.21. The highest BCUT2D eigenvalue weighted by Gasteiger charge is 2.36. The summed E-state index contributed by atoms with van der Waals surface area (Å²) in [5.41, 5.74) is 0.227. The molecule has 0 aromatic heterocycles. The van der Waals surface area contributed by atoms with Crippen LogP contribution in [0.3, 0.4) is 0 Å². The lowest BCUT2D eigenvalue weighted by molar-refractivity contribution is -0.384. The average Bonchev–Trinajstić information content (AvgIpc) is 2.77. The van der Waals surface area contributed by atoms with Gasteiger partial charge in [-0.1, -0.05) is 6.42 Å². The number of rotatable bonds is 4. The molecule has 0 spiro atoms. The maximum Gasteiger partial charge on any atom is 0.270 e. The molecule has 2 heterocycles. The number of imide groups is 1. The number of hydrogen-bond donors (Lipinski definition) is 0. The third-order valence-electron chi connectivity index (χ3n) is 4.25. The average molecular weight is 303 g/mol. The van der Waals surface area contributed by atoms with Crippen LogP contribution in [-0.2, 0) is 0 Å². The summed E-state index contributed by atoms with van der Waals surface area (Å²) in [4.78, 5) is 38.3. The summed E-state index contributed by atoms with van der Waals surface area (Å²) in [7, 11) is 0. The van der Waals surface area contributed by atoms with E-state index in [2.05, 4.69) is 4.90 Å². The van der Waals surface area contributed by atoms with Crippen molar-refractivity contribution in [3.63, 3.8) is 0 Å². The number of nitrogens with zero attached hydrogens (tertiary/aromatic N) is 3. The van der Waals surface area contributed by atoms with Crippen molar-refractivity contribution in [1.82, 2.24) is 9.80 Å². The first-order valence-electron chi connectivity index (χ1n) is 7.45. The molecule has 1 saturated heterocycles. The molecule has 3 rings (SSSR count). The molecule has 0 bridgehead atoms. The minimum absolute atomic E-state index is 0.137. The van der Waals surface area contributed by atoms with Gasteiger partial charge in [0.1, 0.15) is 0 Å². The topological polar surface area (TPSA) is 83.8 Å². The van der Waals surface area contributed by atoms with Crippen LogP contribution in [0.1, 0.15) is 40.0 Å². The van der Waals surface area contributed by atoms with Gasteiger partial charge in [0.05, 0.1) is 16.1 Å². The van der Waals surface area contributed by atoms with Crippen molar-refractivity contribution in [2.45, 2.75) is 19.3 Å². The predicted octanol–water partition coefficient (Wildman–Crippen LogP) is 1.68. The molecule has 0 saturated carbocycles. The van der Waals surface area contributed by atoms with Crippen LogP contribution >= 0.6 is 0 Å². The van der Waals surface area contributed by atoms with Crippen molar-refractivity contribution in [3.05, 3.63) is 39.4 Å². The molecule has 1 fully saturated rings. The summed E-state index contributed by atoms with van der Waals surface area (Å²) in [5, 5.41) is 10.8. The fraction of sp³-hybridized carbons (Fsp3) is 0.467. The molecule has 1 aromatic rings. The van der Waals surface area contributed by atoms with E-state index in [0.29, 0.717) is 13.1 Å². The molecular formula is C15H17N3O4. The van der Waals surface area contributed by atoms with Gasteiger partial charge in [0.2, 0.25) is 0 Å². The Labute approximate surface area is 127 Å². The van der Waals surface area contributed by atoms with Gasteiger partial charge in [0, 0.05) is 25.2 Å². The Bertz CT molecular complexity index is 638. The van der Waals surface area contributed by atoms with Crippen molar-refractivity contribution in [2.75, 3.05) is 26.2 Å². The zero-order valence-corrected chi connectivity index (χ0v) is 12.2. The molecule has 2 aliphatic rings. The van der Waals surface area contributed by atoms with Crippen LogP contribution in [0.4, 0.5) is 5.69 Å². The van der Waals surface area contributed by atoms with Crippen LogP contribution in [-0.4, -0.2) is 52.7 Å². The Morgan fingerprint density at radius 1 is 1.00 bits per heavy atom. The van der Waals surface area contributed by atoms with Gasteiger partial charge < -0.3 is 4.90 Å². The summed E-state index contributed by atoms with van der Waals surface area (Å²) in [6, 6.07) is 3.82. The van der Waals surface area contributed by atoms with E-state index in [-0.39, 0.29) is 22.7 Å². The van der Waals surface area contributed by atoms with E-state index in [1.165, 1.54) is 29.5 Å². The van der Waals surface area contributed by atoms with Crippen LogP contribution in [0.2, 0.25) is 0 Å². The van der Waals surface area contributed by atoms with Crippen LogP contribution < -0.4 is 0 Å². The molecule has 7 nitrogen and oxygen atoms in total. The lowest BCUT2D eigenvalue weighted by atomic mass is 10.1. The molecule has 116 valence electrons. The van der Waals surface area contributed by atoms with Crippen LogP contribution in [0, 0.1) is 10.1 Å². The smallest absolute Gasteiger partial charge is 0.270 e. The number of nitro groups is 1. The number of piperidine rings is 1. The number of carbonyl (C=O) groups excluding carboxylic acids is 2. The maximum atomic E-state index is 12.3. The van der Waals surface area contributed by atoms with Crippen molar-refractivity contribution >= 4 is 17.5 Å². The van der Waals surface area contributed by atoms with Gasteiger partial charge in [-0.05, 0) is 32.0 Å². The largest absolute Gasteiger partial charge is 0.302 e. The van der Waals surface area contributed by atoms with Crippen molar-refractivity contribution in [2.24, 2.45) is 0 Å². The van der Waals surface area contributed by atoms with Gasteiger partial charge in [-0.25, -0.2) is 0 Å². The number of fused-ring (bicyclic) bond motifs is 1. The van der Waals surface area contributed by atoms with Gasteiger partial charge in [0.25, 0.3) is 17.5 Å². The summed E-state index contributed by atoms with van der Waals surface area (Å²) in [6.07, 6.45) is 3.52. The Hall–Kier alpha value is -2.28. The second-order valence-corrected chi connectivity index (χ2v) is 5.65. The maximum absolute atomic E-state index is 12.3. The number of nitro benzene ring substituents is 1. The molecule has 0 radical (unpaired) electrons. The fourth-order valence-electron chi connectivity index (χ4n) is 3.02. The zero-order valence-electron chi connectivity index (χ0n) is 12.2. The van der Waals surface area contributed by atoms with E-state index in [1.54, 1.807) is 0 Å². The van der Waals surface area contributed by atoms with E-state index in [4.69, 9.17) is 0 Å². The summed E-state index contributed by atoms with van der Waals surface area (Å²) >= 11 is 0. The van der Waals surface area contributed by atoms with E-state index < -0.39 is 10.8 Å². The van der Waals surface area contributed by atoms with E-state index in [1.807, 2.05) is 0 Å². The number of likely N-dealkylation sites (tertiary alicyclic amines) is 1. The second kappa shape index (κ2) is 5.84. The SMILES string of the molecule is O=C1c2ccc([N+](=O)[O-])cc2C(=O)N1CCN1CCCCC1. The monoisotopic (exact) mass is 303 g/mol. The molecule has 22 heavy (non-hydrogen) atoms. The van der Waals surface area contributed by atoms with E-state index >= 15 is 0 Å². The first-order valence-corrected chi connectivity index (χ1v) is 7.45. The lowest BCUT2D eigenvalue weighted by Crippen LogP contribution is -2.40. The van der Waals surface area contributed by atoms with Gasteiger partial charge in [0.15, 0.2) is 0 Å². The molecule has 2 aliphatic heterocycles. The van der Waals surface area contributed by atoms with Crippen LogP contribution in [0.5, 0.6) is 0 Å². The summed E-state index contributed by atoms with van der Waals surface area (Å²) < 4.78 is 0. The second-order valence-electron chi connectivity index (χ2n) is 5.65. The Morgan fingerprint density at radius 3 is 2.36 bits per heavy atom. The minimum atomic E-state index is -0.561. The molecule has 0 N–H and O–H groups in total. The molecule has 0 unspecified atom stereocenters. The van der Waals surface area contributed by atoms with Crippen LogP contribution in [0.15, 0.2) is 18.2 Å². The van der Waals surface area contributed by atoms with Crippen molar-refractivity contribution in [3.8, 4) is 0 Å². The number of non-ortho nitro benzene ring substituents is 1. The third kappa shape index (κ3) is 2.59. The Morgan fingerprint density at radius 2 is 1.68 bits per heavy atom. The molecular weight excluding hydrogens is 286 g/mol. The molecule has 0 atom stereocenters. The molecule has 0 aliphatic carbocycles. The van der Waals surface area contributed by atoms with Gasteiger partial charge in [-0.15, -0.1) is 0 Å². The standard InChI is InChI=1S/C15H17N3O4/c19-14-12-5-4-11(18(21)22)10-13(12)15(20)17(14)9-8-16-6-2-1-3-7-16/h4-5,10H,1-3,6-9H2. The lowest BCUT2D eigenvalue weighted by Gasteiger charge is -2.27. The zero-order chi connectivity index (χ0) is 15.7. The summed E-state index contributed by atoms with van der Waals surface area (Å²) in [6.45, 7) is 2.98. The first kappa shape index (κ1) is 14.6. The first-order chi connectivity index (χ1) is 10.6. The van der Waals surface area contributed by atoms with Crippen molar-refractivity contribution < 1.29 is 14.5 Å².